The Bertz CT molecular complexity index is 1090. The Morgan fingerprint density at radius 1 is 0.786 bits per heavy atom. The highest BCUT2D eigenvalue weighted by Crippen LogP contribution is 2.33. The molecule has 5 rings (SSSR count). The van der Waals surface area contributed by atoms with Crippen LogP contribution in [0, 0.1) is 0 Å². The van der Waals surface area contributed by atoms with Crippen LogP contribution in [0.15, 0.2) is 73.2 Å². The van der Waals surface area contributed by atoms with E-state index in [1.54, 1.807) is 0 Å². The Hall–Kier alpha value is -3.34. The maximum atomic E-state index is 4.77. The molecule has 1 saturated heterocycles. The Kier molecular flexibility index (Phi) is 4.20. The van der Waals surface area contributed by atoms with Gasteiger partial charge in [0, 0.05) is 68.4 Å². The van der Waals surface area contributed by atoms with Crippen molar-refractivity contribution >= 4 is 22.3 Å². The van der Waals surface area contributed by atoms with Crippen LogP contribution in [0.5, 0.6) is 0 Å². The molecule has 0 amide bonds. The van der Waals surface area contributed by atoms with E-state index in [1.807, 2.05) is 24.7 Å². The summed E-state index contributed by atoms with van der Waals surface area (Å²) in [4.78, 5) is 13.8. The second kappa shape index (κ2) is 7.00. The third kappa shape index (κ3) is 2.89. The van der Waals surface area contributed by atoms with Crippen LogP contribution < -0.4 is 9.80 Å². The van der Waals surface area contributed by atoms with Crippen molar-refractivity contribution in [1.82, 2.24) is 14.5 Å². The minimum Gasteiger partial charge on any atom is -0.368 e. The first-order chi connectivity index (χ1) is 13.8. The van der Waals surface area contributed by atoms with Crippen LogP contribution in [0.25, 0.3) is 22.3 Å². The number of hydrogen-bond donors (Lipinski definition) is 0. The second-order valence-electron chi connectivity index (χ2n) is 7.20. The summed E-state index contributed by atoms with van der Waals surface area (Å²) in [6, 6.07) is 19.1. The van der Waals surface area contributed by atoms with Gasteiger partial charge in [-0.15, -0.1) is 0 Å². The first kappa shape index (κ1) is 16.8. The second-order valence-corrected chi connectivity index (χ2v) is 7.20. The molecule has 5 nitrogen and oxygen atoms in total. The predicted molar refractivity (Wildman–Crippen MR) is 115 cm³/mol. The highest BCUT2D eigenvalue weighted by atomic mass is 15.3. The van der Waals surface area contributed by atoms with Crippen LogP contribution in [0.3, 0.4) is 0 Å². The minimum atomic E-state index is 0.977. The maximum absolute atomic E-state index is 4.77. The number of benzene rings is 1. The van der Waals surface area contributed by atoms with E-state index >= 15 is 0 Å². The van der Waals surface area contributed by atoms with Gasteiger partial charge >= 0.3 is 0 Å². The number of rotatable bonds is 3. The van der Waals surface area contributed by atoms with Crippen molar-refractivity contribution in [3.05, 3.63) is 73.2 Å². The van der Waals surface area contributed by atoms with Gasteiger partial charge in [0.05, 0.1) is 11.4 Å². The van der Waals surface area contributed by atoms with Crippen LogP contribution >= 0.6 is 0 Å². The lowest BCUT2D eigenvalue weighted by molar-refractivity contribution is 0.653. The zero-order valence-corrected chi connectivity index (χ0v) is 16.0. The molecule has 0 atom stereocenters. The van der Waals surface area contributed by atoms with Crippen LogP contribution in [-0.2, 0) is 7.05 Å². The van der Waals surface area contributed by atoms with Gasteiger partial charge in [0.2, 0.25) is 0 Å². The molecule has 4 aromatic rings. The molecule has 1 aromatic carbocycles. The van der Waals surface area contributed by atoms with Crippen molar-refractivity contribution < 1.29 is 0 Å². The summed E-state index contributed by atoms with van der Waals surface area (Å²) >= 11 is 0. The molecular weight excluding hydrogens is 346 g/mol. The van der Waals surface area contributed by atoms with Crippen molar-refractivity contribution in [3.8, 4) is 11.4 Å². The molecule has 0 unspecified atom stereocenters. The number of pyridine rings is 2. The molecule has 28 heavy (non-hydrogen) atoms. The van der Waals surface area contributed by atoms with Gasteiger partial charge < -0.3 is 14.4 Å². The number of aryl methyl sites for hydroxylation is 1. The SMILES string of the molecule is Cn1c(-c2ncccc2N2CCN(c3ccncc3)CC2)cc2ccccc21. The fourth-order valence-corrected chi connectivity index (χ4v) is 4.13. The zero-order chi connectivity index (χ0) is 18.9. The molecule has 0 saturated carbocycles. The molecule has 4 heterocycles. The highest BCUT2D eigenvalue weighted by Gasteiger charge is 2.21. The van der Waals surface area contributed by atoms with E-state index in [1.165, 1.54) is 22.3 Å². The van der Waals surface area contributed by atoms with Crippen molar-refractivity contribution in [1.29, 1.82) is 0 Å². The zero-order valence-electron chi connectivity index (χ0n) is 16.0. The molecule has 140 valence electrons. The third-order valence-electron chi connectivity index (χ3n) is 5.63. The van der Waals surface area contributed by atoms with Gasteiger partial charge in [-0.3, -0.25) is 9.97 Å². The van der Waals surface area contributed by atoms with Gasteiger partial charge in [0.25, 0.3) is 0 Å². The Morgan fingerprint density at radius 2 is 1.54 bits per heavy atom. The highest BCUT2D eigenvalue weighted by molar-refractivity contribution is 5.88. The molecular formula is C23H23N5. The van der Waals surface area contributed by atoms with Crippen LogP contribution in [0.4, 0.5) is 11.4 Å². The summed E-state index contributed by atoms with van der Waals surface area (Å²) in [7, 11) is 2.12. The molecule has 1 fully saturated rings. The lowest BCUT2D eigenvalue weighted by atomic mass is 10.1. The number of aromatic nitrogens is 3. The van der Waals surface area contributed by atoms with Crippen molar-refractivity contribution in [3.63, 3.8) is 0 Å². The molecule has 3 aromatic heterocycles. The van der Waals surface area contributed by atoms with Crippen LogP contribution in [0.2, 0.25) is 0 Å². The first-order valence-corrected chi connectivity index (χ1v) is 9.71. The number of nitrogens with zero attached hydrogens (tertiary/aromatic N) is 5. The fourth-order valence-electron chi connectivity index (χ4n) is 4.13. The Balaban J connectivity index is 1.45. The summed E-state index contributed by atoms with van der Waals surface area (Å²) in [5.74, 6) is 0. The number of hydrogen-bond acceptors (Lipinski definition) is 4. The summed E-state index contributed by atoms with van der Waals surface area (Å²) in [6.45, 7) is 3.94. The Morgan fingerprint density at radius 3 is 2.32 bits per heavy atom. The molecule has 1 aliphatic heterocycles. The van der Waals surface area contributed by atoms with Gasteiger partial charge in [0.1, 0.15) is 5.69 Å². The lowest BCUT2D eigenvalue weighted by Crippen LogP contribution is -2.46. The van der Waals surface area contributed by atoms with Gasteiger partial charge in [-0.2, -0.15) is 0 Å². The van der Waals surface area contributed by atoms with Gasteiger partial charge in [-0.1, -0.05) is 18.2 Å². The minimum absolute atomic E-state index is 0.977. The van der Waals surface area contributed by atoms with E-state index in [-0.39, 0.29) is 0 Å². The maximum Gasteiger partial charge on any atom is 0.110 e. The summed E-state index contributed by atoms with van der Waals surface area (Å²) < 4.78 is 2.24. The van der Waals surface area contributed by atoms with E-state index in [0.29, 0.717) is 0 Å². The number of para-hydroxylation sites is 1. The number of piperazine rings is 1. The number of fused-ring (bicyclic) bond motifs is 1. The predicted octanol–water partition coefficient (Wildman–Crippen LogP) is 3.96. The van der Waals surface area contributed by atoms with Crippen LogP contribution in [0.1, 0.15) is 0 Å². The molecule has 0 spiro atoms. The molecule has 0 aliphatic carbocycles. The molecule has 5 heteroatoms. The van der Waals surface area contributed by atoms with Crippen molar-refractivity contribution in [2.24, 2.45) is 7.05 Å². The number of anilines is 2. The van der Waals surface area contributed by atoms with E-state index in [9.17, 15) is 0 Å². The summed E-state index contributed by atoms with van der Waals surface area (Å²) in [6.07, 6.45) is 5.62. The molecule has 0 bridgehead atoms. The quantitative estimate of drug-likeness (QED) is 0.548. The van der Waals surface area contributed by atoms with Crippen molar-refractivity contribution in [2.75, 3.05) is 36.0 Å². The summed E-state index contributed by atoms with van der Waals surface area (Å²) in [5, 5.41) is 1.25. The smallest absolute Gasteiger partial charge is 0.110 e. The average Bonchev–Trinajstić information content (AvgIpc) is 3.11. The summed E-state index contributed by atoms with van der Waals surface area (Å²) in [5.41, 5.74) is 5.90. The lowest BCUT2D eigenvalue weighted by Gasteiger charge is -2.37. The normalized spacial score (nSPS) is 14.6. The van der Waals surface area contributed by atoms with Gasteiger partial charge in [-0.25, -0.2) is 0 Å². The fraction of sp³-hybridized carbons (Fsp3) is 0.217. The van der Waals surface area contributed by atoms with Gasteiger partial charge in [-0.05, 0) is 36.4 Å². The van der Waals surface area contributed by atoms with E-state index < -0.39 is 0 Å². The molecule has 1 aliphatic rings. The van der Waals surface area contributed by atoms with Crippen molar-refractivity contribution in [2.45, 2.75) is 0 Å². The topological polar surface area (TPSA) is 37.2 Å². The standard InChI is InChI=1S/C23H23N5/c1-26-20-6-3-2-5-18(20)17-22(26)23-21(7-4-10-25-23)28-15-13-27(14-16-28)19-8-11-24-12-9-19/h2-12,17H,13-16H2,1H3. The van der Waals surface area contributed by atoms with E-state index in [4.69, 9.17) is 4.98 Å². The monoisotopic (exact) mass is 369 g/mol. The van der Waals surface area contributed by atoms with E-state index in [0.717, 1.165) is 37.6 Å². The van der Waals surface area contributed by atoms with Gasteiger partial charge in [0.15, 0.2) is 0 Å². The molecule has 0 radical (unpaired) electrons. The third-order valence-corrected chi connectivity index (χ3v) is 5.63. The molecule has 0 N–H and O–H groups in total. The van der Waals surface area contributed by atoms with Crippen LogP contribution in [-0.4, -0.2) is 40.7 Å². The van der Waals surface area contributed by atoms with E-state index in [2.05, 4.69) is 74.9 Å². The first-order valence-electron chi connectivity index (χ1n) is 9.71. The Labute approximate surface area is 164 Å². The average molecular weight is 369 g/mol. The largest absolute Gasteiger partial charge is 0.368 e.